The van der Waals surface area contributed by atoms with Gasteiger partial charge in [-0.2, -0.15) is 0 Å². The molecule has 1 aliphatic rings. The first-order valence-electron chi connectivity index (χ1n) is 9.52. The molecule has 2 aromatic heterocycles. The summed E-state index contributed by atoms with van der Waals surface area (Å²) in [5, 5.41) is 9.22. The molecule has 1 amide bonds. The molecular weight excluding hydrogens is 356 g/mol. The van der Waals surface area contributed by atoms with Crippen LogP contribution in [0.5, 0.6) is 0 Å². The minimum absolute atomic E-state index is 0.0957. The second kappa shape index (κ2) is 7.66. The number of likely N-dealkylation sites (tertiary alicyclic amines) is 1. The first-order valence-corrected chi connectivity index (χ1v) is 9.52. The number of nitrogens with zero attached hydrogens (tertiary/aromatic N) is 4. The van der Waals surface area contributed by atoms with Gasteiger partial charge in [0.2, 0.25) is 5.91 Å². The van der Waals surface area contributed by atoms with E-state index in [1.807, 2.05) is 38.7 Å². The first kappa shape index (κ1) is 19.9. The fraction of sp³-hybridized carbons (Fsp3) is 0.476. The van der Waals surface area contributed by atoms with Crippen LogP contribution in [0.2, 0.25) is 0 Å². The van der Waals surface area contributed by atoms with Crippen LogP contribution in [0.3, 0.4) is 0 Å². The van der Waals surface area contributed by atoms with Crippen LogP contribution in [-0.2, 0) is 4.79 Å². The maximum Gasteiger partial charge on any atom is 0.337 e. The van der Waals surface area contributed by atoms with Gasteiger partial charge in [0.1, 0.15) is 0 Å². The Morgan fingerprint density at radius 1 is 1.14 bits per heavy atom. The number of aromatic carboxylic acids is 1. The number of aryl methyl sites for hydroxylation is 1. The number of piperidine rings is 1. The molecule has 1 saturated heterocycles. The van der Waals surface area contributed by atoms with Gasteiger partial charge >= 0.3 is 5.97 Å². The van der Waals surface area contributed by atoms with Crippen molar-refractivity contribution in [3.63, 3.8) is 0 Å². The molecule has 1 aliphatic heterocycles. The van der Waals surface area contributed by atoms with Gasteiger partial charge in [-0.15, -0.1) is 0 Å². The van der Waals surface area contributed by atoms with E-state index in [9.17, 15) is 14.7 Å². The summed E-state index contributed by atoms with van der Waals surface area (Å²) in [7, 11) is 0. The van der Waals surface area contributed by atoms with Crippen molar-refractivity contribution in [1.29, 1.82) is 0 Å². The fourth-order valence-corrected chi connectivity index (χ4v) is 3.46. The highest BCUT2D eigenvalue weighted by Crippen LogP contribution is 2.33. The van der Waals surface area contributed by atoms with E-state index in [-0.39, 0.29) is 17.5 Å². The summed E-state index contributed by atoms with van der Waals surface area (Å²) in [4.78, 5) is 39.5. The summed E-state index contributed by atoms with van der Waals surface area (Å²) < 4.78 is 0. The van der Waals surface area contributed by atoms with E-state index >= 15 is 0 Å². The Morgan fingerprint density at radius 3 is 2.57 bits per heavy atom. The summed E-state index contributed by atoms with van der Waals surface area (Å²) in [6.07, 6.45) is 5.71. The number of rotatable bonds is 3. The topological polar surface area (TPSA) is 96.3 Å². The molecule has 0 spiro atoms. The summed E-state index contributed by atoms with van der Waals surface area (Å²) >= 11 is 0. The van der Waals surface area contributed by atoms with Gasteiger partial charge < -0.3 is 10.0 Å². The molecule has 3 rings (SSSR count). The highest BCUT2D eigenvalue weighted by atomic mass is 16.4. The van der Waals surface area contributed by atoms with Crippen LogP contribution in [-0.4, -0.2) is 43.4 Å². The van der Waals surface area contributed by atoms with Crippen molar-refractivity contribution in [2.24, 2.45) is 5.41 Å². The van der Waals surface area contributed by atoms with E-state index in [4.69, 9.17) is 4.98 Å². The third-order valence-electron chi connectivity index (χ3n) is 4.86. The zero-order valence-corrected chi connectivity index (χ0v) is 16.8. The Hall–Kier alpha value is -2.83. The molecule has 1 atom stereocenters. The highest BCUT2D eigenvalue weighted by molar-refractivity contribution is 5.88. The number of amides is 1. The summed E-state index contributed by atoms with van der Waals surface area (Å²) in [6.45, 7) is 8.34. The standard InChI is InChI=1S/C21H26N4O3/c1-13-9-16(14-10-15(19(26)27)12-22-11-14)24-18(23-13)17-7-5-6-8-25(17)20(28)21(2,3)4/h9-12,17H,5-8H2,1-4H3,(H,26,27)/t17-/m1/s1. The van der Waals surface area contributed by atoms with Gasteiger partial charge in [0.25, 0.3) is 0 Å². The minimum Gasteiger partial charge on any atom is -0.478 e. The molecule has 7 nitrogen and oxygen atoms in total. The predicted octanol–water partition coefficient (Wildman–Crippen LogP) is 3.64. The Balaban J connectivity index is 2.01. The van der Waals surface area contributed by atoms with E-state index in [0.717, 1.165) is 25.0 Å². The number of pyridine rings is 1. The van der Waals surface area contributed by atoms with Crippen molar-refractivity contribution >= 4 is 11.9 Å². The molecule has 0 aromatic carbocycles. The van der Waals surface area contributed by atoms with Crippen LogP contribution in [0.25, 0.3) is 11.3 Å². The molecule has 0 aliphatic carbocycles. The normalized spacial score (nSPS) is 17.4. The van der Waals surface area contributed by atoms with Crippen LogP contribution in [0.1, 0.15) is 68.0 Å². The quantitative estimate of drug-likeness (QED) is 0.870. The number of carbonyl (C=O) groups is 2. The lowest BCUT2D eigenvalue weighted by molar-refractivity contribution is -0.143. The van der Waals surface area contributed by atoms with Gasteiger partial charge in [0.15, 0.2) is 5.82 Å². The molecule has 28 heavy (non-hydrogen) atoms. The first-order chi connectivity index (χ1) is 13.2. The van der Waals surface area contributed by atoms with Crippen LogP contribution in [0.4, 0.5) is 0 Å². The van der Waals surface area contributed by atoms with Gasteiger partial charge in [-0.3, -0.25) is 9.78 Å². The van der Waals surface area contributed by atoms with Gasteiger partial charge in [0, 0.05) is 35.6 Å². The zero-order valence-electron chi connectivity index (χ0n) is 16.8. The van der Waals surface area contributed by atoms with E-state index in [0.29, 0.717) is 23.6 Å². The molecule has 3 heterocycles. The lowest BCUT2D eigenvalue weighted by Gasteiger charge is -2.38. The Morgan fingerprint density at radius 2 is 1.89 bits per heavy atom. The monoisotopic (exact) mass is 382 g/mol. The van der Waals surface area contributed by atoms with Crippen molar-refractivity contribution in [2.75, 3.05) is 6.54 Å². The second-order valence-electron chi connectivity index (χ2n) is 8.28. The van der Waals surface area contributed by atoms with Gasteiger partial charge in [-0.25, -0.2) is 14.8 Å². The zero-order chi connectivity index (χ0) is 20.5. The second-order valence-corrected chi connectivity index (χ2v) is 8.28. The van der Waals surface area contributed by atoms with Gasteiger partial charge in [-0.1, -0.05) is 20.8 Å². The number of hydrogen-bond acceptors (Lipinski definition) is 5. The number of carboxylic acid groups (broad SMARTS) is 1. The summed E-state index contributed by atoms with van der Waals surface area (Å²) in [6, 6.07) is 3.19. The molecule has 148 valence electrons. The molecule has 0 unspecified atom stereocenters. The SMILES string of the molecule is Cc1cc(-c2cncc(C(=O)O)c2)nc([C@H]2CCCCN2C(=O)C(C)(C)C)n1. The molecule has 1 N–H and O–H groups in total. The van der Waals surface area contributed by atoms with E-state index < -0.39 is 11.4 Å². The third-order valence-corrected chi connectivity index (χ3v) is 4.86. The lowest BCUT2D eigenvalue weighted by Crippen LogP contribution is -2.44. The average Bonchev–Trinajstić information content (AvgIpc) is 2.66. The van der Waals surface area contributed by atoms with Crippen molar-refractivity contribution in [3.05, 3.63) is 41.6 Å². The highest BCUT2D eigenvalue weighted by Gasteiger charge is 2.35. The van der Waals surface area contributed by atoms with Crippen LogP contribution >= 0.6 is 0 Å². The van der Waals surface area contributed by atoms with Crippen LogP contribution in [0, 0.1) is 12.3 Å². The van der Waals surface area contributed by atoms with Crippen LogP contribution in [0.15, 0.2) is 24.5 Å². The lowest BCUT2D eigenvalue weighted by atomic mass is 9.91. The van der Waals surface area contributed by atoms with E-state index in [1.54, 1.807) is 12.3 Å². The molecule has 0 bridgehead atoms. The molecule has 2 aromatic rings. The van der Waals surface area contributed by atoms with Crippen molar-refractivity contribution in [1.82, 2.24) is 19.9 Å². The fourth-order valence-electron chi connectivity index (χ4n) is 3.46. The molecule has 1 fully saturated rings. The number of aromatic nitrogens is 3. The largest absolute Gasteiger partial charge is 0.478 e. The Kier molecular flexibility index (Phi) is 5.45. The predicted molar refractivity (Wildman–Crippen MR) is 105 cm³/mol. The van der Waals surface area contributed by atoms with Crippen molar-refractivity contribution in [3.8, 4) is 11.3 Å². The maximum atomic E-state index is 13.0. The number of hydrogen-bond donors (Lipinski definition) is 1. The van der Waals surface area contributed by atoms with Gasteiger partial charge in [-0.05, 0) is 38.3 Å². The number of carbonyl (C=O) groups excluding carboxylic acids is 1. The van der Waals surface area contributed by atoms with Crippen molar-refractivity contribution < 1.29 is 14.7 Å². The molecule has 7 heteroatoms. The van der Waals surface area contributed by atoms with E-state index in [2.05, 4.69) is 9.97 Å². The maximum absolute atomic E-state index is 13.0. The molecule has 0 saturated carbocycles. The Bertz CT molecular complexity index is 905. The molecular formula is C21H26N4O3. The van der Waals surface area contributed by atoms with Crippen molar-refractivity contribution in [2.45, 2.75) is 53.0 Å². The third kappa shape index (κ3) is 4.18. The number of carboxylic acids is 1. The molecule has 0 radical (unpaired) electrons. The smallest absolute Gasteiger partial charge is 0.337 e. The summed E-state index contributed by atoms with van der Waals surface area (Å²) in [5.74, 6) is -0.332. The average molecular weight is 382 g/mol. The minimum atomic E-state index is -1.03. The Labute approximate surface area is 164 Å². The van der Waals surface area contributed by atoms with Crippen LogP contribution < -0.4 is 0 Å². The van der Waals surface area contributed by atoms with Gasteiger partial charge in [0.05, 0.1) is 17.3 Å². The summed E-state index contributed by atoms with van der Waals surface area (Å²) in [5.41, 5.74) is 1.65. The van der Waals surface area contributed by atoms with E-state index in [1.165, 1.54) is 6.20 Å².